The molecule has 7 nitrogen and oxygen atoms in total. The predicted molar refractivity (Wildman–Crippen MR) is 47.1 cm³/mol. The molecule has 0 aromatic carbocycles. The Balaban J connectivity index is 4.14. The first-order valence-electron chi connectivity index (χ1n) is 2.90. The summed E-state index contributed by atoms with van der Waals surface area (Å²) in [6, 6.07) is 0. The van der Waals surface area contributed by atoms with Gasteiger partial charge in [0.2, 0.25) is 0 Å². The lowest BCUT2D eigenvalue weighted by Crippen LogP contribution is -2.20. The highest BCUT2D eigenvalue weighted by Gasteiger charge is 2.24. The Morgan fingerprint density at radius 2 is 1.92 bits per heavy atom. The maximum absolute atomic E-state index is 11.1. The van der Waals surface area contributed by atoms with Gasteiger partial charge in [-0.2, -0.15) is 0 Å². The Hall–Kier alpha value is -0.0000000000000000555. The van der Waals surface area contributed by atoms with Crippen molar-refractivity contribution < 1.29 is 13.4 Å². The van der Waals surface area contributed by atoms with Gasteiger partial charge in [-0.15, -0.1) is 6.58 Å². The topological polar surface area (TPSA) is 133 Å². The monoisotopic (exact) mass is 214 g/mol. The summed E-state index contributed by atoms with van der Waals surface area (Å²) < 4.78 is 25.9. The number of nitrogens with one attached hydrogen (secondary N) is 1. The average molecular weight is 214 g/mol. The van der Waals surface area contributed by atoms with Crippen LogP contribution < -0.4 is 21.6 Å². The quantitative estimate of drug-likeness (QED) is 0.370. The highest BCUT2D eigenvalue weighted by molar-refractivity contribution is 7.67. The summed E-state index contributed by atoms with van der Waals surface area (Å²) >= 11 is 0. The minimum absolute atomic E-state index is 0.147. The first-order valence-corrected chi connectivity index (χ1v) is 6.36. The summed E-state index contributed by atoms with van der Waals surface area (Å²) in [7, 11) is -7.48. The van der Waals surface area contributed by atoms with Crippen molar-refractivity contribution in [3.05, 3.63) is 12.7 Å². The van der Waals surface area contributed by atoms with Crippen molar-refractivity contribution in [2.75, 3.05) is 6.54 Å². The van der Waals surface area contributed by atoms with Gasteiger partial charge in [0.15, 0.2) is 0 Å². The molecule has 0 amide bonds. The third-order valence-electron chi connectivity index (χ3n) is 0.705. The fourth-order valence-electron chi connectivity index (χ4n) is 0.410. The molecule has 0 bridgehead atoms. The molecule has 0 aliphatic heterocycles. The van der Waals surface area contributed by atoms with Crippen LogP contribution in [-0.2, 0) is 13.4 Å². The number of hydrogen-bond acceptors (Lipinski definition) is 3. The summed E-state index contributed by atoms with van der Waals surface area (Å²) in [6.07, 6.45) is 1.40. The second kappa shape index (κ2) is 4.30. The van der Waals surface area contributed by atoms with Gasteiger partial charge in [-0.25, -0.2) is 25.9 Å². The summed E-state index contributed by atoms with van der Waals surface area (Å²) in [4.78, 5) is 0. The largest absolute Gasteiger partial charge is 0.345 e. The molecule has 1 unspecified atom stereocenters. The Kier molecular flexibility index (Phi) is 4.30. The molecule has 0 aliphatic carbocycles. The van der Waals surface area contributed by atoms with Crippen LogP contribution in [0.1, 0.15) is 0 Å². The molecule has 0 heterocycles. The minimum Gasteiger partial charge on any atom is -0.256 e. The second-order valence-electron chi connectivity index (χ2n) is 1.97. The molecule has 0 rings (SSSR count). The first-order chi connectivity index (χ1) is 5.27. The van der Waals surface area contributed by atoms with Crippen LogP contribution in [0.15, 0.2) is 12.7 Å². The summed E-state index contributed by atoms with van der Waals surface area (Å²) in [5, 5.41) is 2.23. The van der Waals surface area contributed by atoms with E-state index in [0.29, 0.717) is 0 Å². The molecule has 0 saturated carbocycles. The van der Waals surface area contributed by atoms with E-state index in [2.05, 4.69) is 16.0 Å². The molecule has 1 atom stereocenters. The molecule has 0 aromatic heterocycles. The van der Waals surface area contributed by atoms with E-state index in [0.717, 1.165) is 0 Å². The fourth-order valence-corrected chi connectivity index (χ4v) is 2.54. The van der Waals surface area contributed by atoms with E-state index >= 15 is 0 Å². The standard InChI is InChI=1S/C3H12N4O3P2/c1-2-3-7-12(6,9)10-11(4,5)8/h2H,1,3H2,(H4,4,5,8)(H3,6,7,9). The van der Waals surface area contributed by atoms with Gasteiger partial charge in [0.1, 0.15) is 0 Å². The van der Waals surface area contributed by atoms with Crippen molar-refractivity contribution >= 4 is 15.3 Å². The molecule has 0 radical (unpaired) electrons. The molecule has 0 saturated heterocycles. The Bertz CT molecular complexity index is 248. The van der Waals surface area contributed by atoms with Crippen molar-refractivity contribution in [3.8, 4) is 0 Å². The first kappa shape index (κ1) is 12.0. The van der Waals surface area contributed by atoms with E-state index in [1.807, 2.05) is 0 Å². The van der Waals surface area contributed by atoms with Crippen molar-refractivity contribution in [2.24, 2.45) is 16.5 Å². The molecule has 72 valence electrons. The predicted octanol–water partition coefficient (Wildman–Crippen LogP) is -0.129. The molecule has 0 aromatic rings. The lowest BCUT2D eigenvalue weighted by atomic mass is 10.7. The van der Waals surface area contributed by atoms with Crippen LogP contribution in [0.5, 0.6) is 0 Å². The molecule has 12 heavy (non-hydrogen) atoms. The third-order valence-corrected chi connectivity index (χ3v) is 3.32. The Morgan fingerprint density at radius 1 is 1.42 bits per heavy atom. The van der Waals surface area contributed by atoms with Crippen LogP contribution in [0.4, 0.5) is 0 Å². The van der Waals surface area contributed by atoms with Gasteiger partial charge in [0, 0.05) is 6.54 Å². The van der Waals surface area contributed by atoms with Crippen LogP contribution in [0.25, 0.3) is 0 Å². The maximum Gasteiger partial charge on any atom is 0.345 e. The van der Waals surface area contributed by atoms with Gasteiger partial charge in [0.05, 0.1) is 0 Å². The van der Waals surface area contributed by atoms with Crippen LogP contribution in [0, 0.1) is 0 Å². The highest BCUT2D eigenvalue weighted by atomic mass is 31.3. The van der Waals surface area contributed by atoms with E-state index in [1.165, 1.54) is 6.08 Å². The summed E-state index contributed by atoms with van der Waals surface area (Å²) in [5.41, 5.74) is 14.6. The van der Waals surface area contributed by atoms with Crippen LogP contribution in [0.3, 0.4) is 0 Å². The van der Waals surface area contributed by atoms with Crippen molar-refractivity contribution in [2.45, 2.75) is 0 Å². The average Bonchev–Trinajstić information content (AvgIpc) is 1.78. The van der Waals surface area contributed by atoms with E-state index in [4.69, 9.17) is 16.5 Å². The zero-order valence-electron chi connectivity index (χ0n) is 6.34. The molecule has 9 heteroatoms. The number of nitrogens with two attached hydrogens (primary N) is 3. The molecule has 0 aliphatic rings. The normalized spacial score (nSPS) is 16.9. The molecular weight excluding hydrogens is 202 g/mol. The van der Waals surface area contributed by atoms with Crippen molar-refractivity contribution in [1.82, 2.24) is 5.09 Å². The van der Waals surface area contributed by atoms with Crippen LogP contribution in [0.2, 0.25) is 0 Å². The zero-order chi connectivity index (χ0) is 9.83. The van der Waals surface area contributed by atoms with Crippen LogP contribution >= 0.6 is 15.3 Å². The number of hydrogen-bond donors (Lipinski definition) is 4. The van der Waals surface area contributed by atoms with E-state index < -0.39 is 15.3 Å². The third kappa shape index (κ3) is 6.69. The second-order valence-corrected chi connectivity index (χ2v) is 5.43. The van der Waals surface area contributed by atoms with Gasteiger partial charge < -0.3 is 0 Å². The smallest absolute Gasteiger partial charge is 0.256 e. The molecule has 7 N–H and O–H groups in total. The van der Waals surface area contributed by atoms with Gasteiger partial charge >= 0.3 is 15.3 Å². The van der Waals surface area contributed by atoms with Gasteiger partial charge in [0.25, 0.3) is 0 Å². The van der Waals surface area contributed by atoms with E-state index in [-0.39, 0.29) is 6.54 Å². The summed E-state index contributed by atoms with van der Waals surface area (Å²) in [5.74, 6) is 0. The zero-order valence-corrected chi connectivity index (χ0v) is 8.13. The number of rotatable bonds is 5. The van der Waals surface area contributed by atoms with E-state index in [1.54, 1.807) is 0 Å². The Labute approximate surface area is 70.4 Å². The van der Waals surface area contributed by atoms with Crippen molar-refractivity contribution in [1.29, 1.82) is 0 Å². The summed E-state index contributed by atoms with van der Waals surface area (Å²) in [6.45, 7) is 3.48. The van der Waals surface area contributed by atoms with Gasteiger partial charge in [-0.1, -0.05) is 6.08 Å². The van der Waals surface area contributed by atoms with Crippen molar-refractivity contribution in [3.63, 3.8) is 0 Å². The Morgan fingerprint density at radius 3 is 2.25 bits per heavy atom. The maximum atomic E-state index is 11.1. The fraction of sp³-hybridized carbons (Fsp3) is 0.333. The molecule has 0 spiro atoms. The highest BCUT2D eigenvalue weighted by Crippen LogP contribution is 2.47. The minimum atomic E-state index is -3.81. The molecular formula is C3H12N4O3P2. The van der Waals surface area contributed by atoms with E-state index in [9.17, 15) is 9.13 Å². The SMILES string of the molecule is C=CCNP(N)(=O)OP(N)(N)=O. The molecule has 0 fully saturated rings. The van der Waals surface area contributed by atoms with Gasteiger partial charge in [-0.3, -0.25) is 9.13 Å². The lowest BCUT2D eigenvalue weighted by molar-refractivity contribution is 0.450. The van der Waals surface area contributed by atoms with Gasteiger partial charge in [-0.05, 0) is 0 Å². The lowest BCUT2D eigenvalue weighted by Gasteiger charge is -2.15. The van der Waals surface area contributed by atoms with Crippen LogP contribution in [-0.4, -0.2) is 6.54 Å².